The molecule has 22 heavy (non-hydrogen) atoms. The Hall–Kier alpha value is -1.62. The van der Waals surface area contributed by atoms with Crippen molar-refractivity contribution in [3.05, 3.63) is 22.6 Å². The van der Waals surface area contributed by atoms with Crippen LogP contribution in [-0.4, -0.2) is 24.8 Å². The number of hydrogen-bond acceptors (Lipinski definition) is 5. The minimum atomic E-state index is -0.349. The number of hydrogen-bond donors (Lipinski definition) is 0. The maximum absolute atomic E-state index is 11.9. The topological polar surface area (TPSA) is 41.9 Å². The molecule has 0 bridgehead atoms. The quantitative estimate of drug-likeness (QED) is 0.609. The van der Waals surface area contributed by atoms with Crippen LogP contribution in [0.15, 0.2) is 22.9 Å². The molecule has 3 rings (SSSR count). The van der Waals surface area contributed by atoms with E-state index in [-0.39, 0.29) is 11.4 Å². The Morgan fingerprint density at radius 1 is 1.23 bits per heavy atom. The Bertz CT molecular complexity index is 631. The molecule has 3 heterocycles. The first-order valence-corrected chi connectivity index (χ1v) is 8.63. The van der Waals surface area contributed by atoms with Crippen LogP contribution < -0.4 is 4.90 Å². The van der Waals surface area contributed by atoms with Crippen LogP contribution in [0.5, 0.6) is 0 Å². The predicted molar refractivity (Wildman–Crippen MR) is 91.3 cm³/mol. The van der Waals surface area contributed by atoms with Crippen LogP contribution in [0.25, 0.3) is 6.08 Å². The zero-order chi connectivity index (χ0) is 15.7. The molecule has 4 nitrogen and oxygen atoms in total. The van der Waals surface area contributed by atoms with Gasteiger partial charge in [-0.1, -0.05) is 25.9 Å². The SMILES string of the molecule is CC(C)(C)C1=NOC(=O)/C1=C/c1ccc(N2CCCCC2)s1. The van der Waals surface area contributed by atoms with Crippen molar-refractivity contribution in [1.29, 1.82) is 0 Å². The molecule has 2 aliphatic rings. The Labute approximate surface area is 135 Å². The van der Waals surface area contributed by atoms with Gasteiger partial charge in [-0.15, -0.1) is 11.3 Å². The van der Waals surface area contributed by atoms with Gasteiger partial charge in [0, 0.05) is 23.4 Å². The van der Waals surface area contributed by atoms with E-state index >= 15 is 0 Å². The molecule has 0 radical (unpaired) electrons. The molecule has 2 aliphatic heterocycles. The van der Waals surface area contributed by atoms with Crippen molar-refractivity contribution in [3.8, 4) is 0 Å². The fourth-order valence-corrected chi connectivity index (χ4v) is 3.80. The second kappa shape index (κ2) is 5.88. The van der Waals surface area contributed by atoms with Gasteiger partial charge in [0.1, 0.15) is 5.71 Å². The summed E-state index contributed by atoms with van der Waals surface area (Å²) < 4.78 is 0. The van der Waals surface area contributed by atoms with Gasteiger partial charge in [0.2, 0.25) is 0 Å². The highest BCUT2D eigenvalue weighted by atomic mass is 32.1. The third-order valence-electron chi connectivity index (χ3n) is 3.97. The molecule has 0 N–H and O–H groups in total. The minimum Gasteiger partial charge on any atom is -0.363 e. The molecule has 0 aromatic carbocycles. The third kappa shape index (κ3) is 3.09. The summed E-state index contributed by atoms with van der Waals surface area (Å²) >= 11 is 1.73. The third-order valence-corrected chi connectivity index (χ3v) is 5.07. The number of carbonyl (C=O) groups is 1. The highest BCUT2D eigenvalue weighted by Gasteiger charge is 2.34. The van der Waals surface area contributed by atoms with Crippen molar-refractivity contribution in [2.24, 2.45) is 10.6 Å². The number of oxime groups is 1. The van der Waals surface area contributed by atoms with Crippen LogP contribution in [0.3, 0.4) is 0 Å². The second-order valence-corrected chi connectivity index (χ2v) is 7.94. The first-order valence-electron chi connectivity index (χ1n) is 7.82. The summed E-state index contributed by atoms with van der Waals surface area (Å²) in [4.78, 5) is 20.3. The van der Waals surface area contributed by atoms with E-state index in [2.05, 4.69) is 22.2 Å². The van der Waals surface area contributed by atoms with Crippen molar-refractivity contribution in [1.82, 2.24) is 0 Å². The van der Waals surface area contributed by atoms with Crippen LogP contribution in [0, 0.1) is 5.41 Å². The van der Waals surface area contributed by atoms with Gasteiger partial charge in [-0.25, -0.2) is 4.79 Å². The molecule has 0 spiro atoms. The van der Waals surface area contributed by atoms with E-state index in [1.165, 1.54) is 24.3 Å². The van der Waals surface area contributed by atoms with Gasteiger partial charge in [-0.2, -0.15) is 0 Å². The smallest absolute Gasteiger partial charge is 0.363 e. The van der Waals surface area contributed by atoms with Gasteiger partial charge in [-0.05, 0) is 37.5 Å². The number of nitrogens with zero attached hydrogens (tertiary/aromatic N) is 2. The predicted octanol–water partition coefficient (Wildman–Crippen LogP) is 4.08. The average Bonchev–Trinajstić information content (AvgIpc) is 3.08. The largest absolute Gasteiger partial charge is 0.367 e. The van der Waals surface area contributed by atoms with Gasteiger partial charge in [0.25, 0.3) is 0 Å². The normalized spacial score (nSPS) is 21.2. The number of carbonyl (C=O) groups excluding carboxylic acids is 1. The Morgan fingerprint density at radius 2 is 1.95 bits per heavy atom. The van der Waals surface area contributed by atoms with Crippen molar-refractivity contribution >= 4 is 34.1 Å². The van der Waals surface area contributed by atoms with Gasteiger partial charge in [0.15, 0.2) is 0 Å². The summed E-state index contributed by atoms with van der Waals surface area (Å²) in [5, 5.41) is 5.24. The summed E-state index contributed by atoms with van der Waals surface area (Å²) in [6.07, 6.45) is 5.77. The Kier molecular flexibility index (Phi) is 4.08. The first kappa shape index (κ1) is 15.3. The maximum Gasteiger partial charge on any atom is 0.367 e. The lowest BCUT2D eigenvalue weighted by Crippen LogP contribution is -2.28. The van der Waals surface area contributed by atoms with Crippen LogP contribution in [-0.2, 0) is 9.63 Å². The van der Waals surface area contributed by atoms with Crippen molar-refractivity contribution in [3.63, 3.8) is 0 Å². The van der Waals surface area contributed by atoms with Crippen LogP contribution in [0.4, 0.5) is 5.00 Å². The lowest BCUT2D eigenvalue weighted by atomic mass is 9.85. The molecule has 0 saturated carbocycles. The molecule has 5 heteroatoms. The lowest BCUT2D eigenvalue weighted by Gasteiger charge is -2.27. The molecule has 1 aromatic heterocycles. The minimum absolute atomic E-state index is 0.203. The number of thiophene rings is 1. The lowest BCUT2D eigenvalue weighted by molar-refractivity contribution is -0.136. The van der Waals surface area contributed by atoms with E-state index in [1.54, 1.807) is 11.3 Å². The van der Waals surface area contributed by atoms with Gasteiger partial charge >= 0.3 is 5.97 Å². The summed E-state index contributed by atoms with van der Waals surface area (Å²) in [7, 11) is 0. The molecule has 0 aliphatic carbocycles. The molecule has 0 atom stereocenters. The van der Waals surface area contributed by atoms with E-state index < -0.39 is 0 Å². The van der Waals surface area contributed by atoms with Gasteiger partial charge in [-0.3, -0.25) is 0 Å². The fraction of sp³-hybridized carbons (Fsp3) is 0.529. The molecule has 118 valence electrons. The van der Waals surface area contributed by atoms with Crippen LogP contribution in [0.2, 0.25) is 0 Å². The van der Waals surface area contributed by atoms with E-state index in [0.717, 1.165) is 23.7 Å². The summed E-state index contributed by atoms with van der Waals surface area (Å²) in [6, 6.07) is 4.23. The molecular formula is C17H22N2O2S. The monoisotopic (exact) mass is 318 g/mol. The zero-order valence-corrected chi connectivity index (χ0v) is 14.2. The second-order valence-electron chi connectivity index (χ2n) is 6.85. The molecular weight excluding hydrogens is 296 g/mol. The molecule has 0 unspecified atom stereocenters. The van der Waals surface area contributed by atoms with Crippen LogP contribution >= 0.6 is 11.3 Å². The van der Waals surface area contributed by atoms with E-state index in [4.69, 9.17) is 4.84 Å². The molecule has 0 amide bonds. The van der Waals surface area contributed by atoms with Crippen molar-refractivity contribution in [2.75, 3.05) is 18.0 Å². The molecule has 1 fully saturated rings. The van der Waals surface area contributed by atoms with Crippen LogP contribution in [0.1, 0.15) is 44.9 Å². The Balaban J connectivity index is 1.84. The van der Waals surface area contributed by atoms with Crippen molar-refractivity contribution < 1.29 is 9.63 Å². The first-order chi connectivity index (χ1) is 10.4. The summed E-state index contributed by atoms with van der Waals surface area (Å²) in [5.74, 6) is -0.349. The van der Waals surface area contributed by atoms with Crippen molar-refractivity contribution in [2.45, 2.75) is 40.0 Å². The summed E-state index contributed by atoms with van der Waals surface area (Å²) in [5.41, 5.74) is 1.11. The maximum atomic E-state index is 11.9. The van der Waals surface area contributed by atoms with Gasteiger partial charge in [0.05, 0.1) is 10.6 Å². The number of anilines is 1. The highest BCUT2D eigenvalue weighted by molar-refractivity contribution is 7.17. The van der Waals surface area contributed by atoms with E-state index in [0.29, 0.717) is 5.57 Å². The van der Waals surface area contributed by atoms with E-state index in [1.807, 2.05) is 26.8 Å². The Morgan fingerprint density at radius 3 is 2.64 bits per heavy atom. The summed E-state index contributed by atoms with van der Waals surface area (Å²) in [6.45, 7) is 8.38. The fourth-order valence-electron chi connectivity index (χ4n) is 2.80. The molecule has 1 saturated heterocycles. The number of rotatable bonds is 2. The number of piperidine rings is 1. The average molecular weight is 318 g/mol. The zero-order valence-electron chi connectivity index (χ0n) is 13.4. The molecule has 1 aromatic rings. The standard InChI is InChI=1S/C17H22N2O2S/c1-17(2,3)15-13(16(20)21-18-15)11-12-7-8-14(22-12)19-9-5-4-6-10-19/h7-8,11H,4-6,9-10H2,1-3H3/b13-11+. The highest BCUT2D eigenvalue weighted by Crippen LogP contribution is 2.33. The van der Waals surface area contributed by atoms with E-state index in [9.17, 15) is 4.79 Å². The van der Waals surface area contributed by atoms with Gasteiger partial charge < -0.3 is 9.74 Å².